The van der Waals surface area contributed by atoms with Gasteiger partial charge in [0.2, 0.25) is 0 Å². The number of hydrogen-bond donors (Lipinski definition) is 0. The molecule has 0 aliphatic rings. The summed E-state index contributed by atoms with van der Waals surface area (Å²) >= 11 is 0. The molecular formula is C7H7F8. The van der Waals surface area contributed by atoms with Gasteiger partial charge in [0.1, 0.15) is 0 Å². The van der Waals surface area contributed by atoms with Gasteiger partial charge in [-0.15, -0.1) is 0 Å². The summed E-state index contributed by atoms with van der Waals surface area (Å²) in [5, 5.41) is 0. The average molecular weight is 243 g/mol. The van der Waals surface area contributed by atoms with Gasteiger partial charge in [-0.2, -0.15) is 30.7 Å². The van der Waals surface area contributed by atoms with E-state index in [0.29, 0.717) is 0 Å². The summed E-state index contributed by atoms with van der Waals surface area (Å²) in [5.41, 5.74) is 0. The van der Waals surface area contributed by atoms with Gasteiger partial charge in [0.15, 0.2) is 6.17 Å². The molecule has 0 heterocycles. The lowest BCUT2D eigenvalue weighted by Gasteiger charge is -2.30. The molecule has 0 amide bonds. The molecule has 0 saturated heterocycles. The summed E-state index contributed by atoms with van der Waals surface area (Å²) in [7, 11) is 0. The van der Waals surface area contributed by atoms with E-state index in [2.05, 4.69) is 6.92 Å². The van der Waals surface area contributed by atoms with Crippen molar-refractivity contribution in [3.8, 4) is 0 Å². The van der Waals surface area contributed by atoms with Crippen LogP contribution in [-0.2, 0) is 0 Å². The van der Waals surface area contributed by atoms with Gasteiger partial charge in [0.25, 0.3) is 0 Å². The lowest BCUT2D eigenvalue weighted by Crippen LogP contribution is -2.56. The maximum Gasteiger partial charge on any atom is 0.459 e. The van der Waals surface area contributed by atoms with Crippen molar-refractivity contribution in [3.63, 3.8) is 0 Å². The highest BCUT2D eigenvalue weighted by atomic mass is 19.4. The first-order chi connectivity index (χ1) is 6.48. The zero-order valence-electron chi connectivity index (χ0n) is 7.22. The zero-order chi connectivity index (χ0) is 12.5. The Bertz CT molecular complexity index is 206. The Balaban J connectivity index is 5.00. The van der Waals surface area contributed by atoms with Crippen molar-refractivity contribution in [2.45, 2.75) is 37.0 Å². The van der Waals surface area contributed by atoms with E-state index in [-0.39, 0.29) is 0 Å². The van der Waals surface area contributed by atoms with Gasteiger partial charge in [-0.1, -0.05) is 13.3 Å². The van der Waals surface area contributed by atoms with Gasteiger partial charge >= 0.3 is 18.0 Å². The minimum Gasteiger partial charge on any atom is -0.241 e. The highest BCUT2D eigenvalue weighted by molar-refractivity contribution is 4.95. The fourth-order valence-electron chi connectivity index (χ4n) is 0.746. The van der Waals surface area contributed by atoms with E-state index in [1.807, 2.05) is 0 Å². The van der Waals surface area contributed by atoms with E-state index >= 15 is 0 Å². The van der Waals surface area contributed by atoms with Crippen LogP contribution in [0.3, 0.4) is 0 Å². The Morgan fingerprint density at radius 3 is 1.60 bits per heavy atom. The third-order valence-corrected chi connectivity index (χ3v) is 1.63. The molecule has 0 aromatic carbocycles. The summed E-state index contributed by atoms with van der Waals surface area (Å²) in [6, 6.07) is 0. The van der Waals surface area contributed by atoms with Crippen LogP contribution in [0.1, 0.15) is 12.8 Å². The zero-order valence-corrected chi connectivity index (χ0v) is 7.22. The Kier molecular flexibility index (Phi) is 3.98. The molecule has 0 bridgehead atoms. The molecule has 0 spiro atoms. The molecular weight excluding hydrogens is 236 g/mol. The van der Waals surface area contributed by atoms with Crippen molar-refractivity contribution in [2.75, 3.05) is 0 Å². The molecule has 0 unspecified atom stereocenters. The summed E-state index contributed by atoms with van der Waals surface area (Å²) in [4.78, 5) is 0. The van der Waals surface area contributed by atoms with Crippen LogP contribution < -0.4 is 0 Å². The number of rotatable bonds is 4. The van der Waals surface area contributed by atoms with E-state index in [0.717, 1.165) is 0 Å². The van der Waals surface area contributed by atoms with Crippen LogP contribution in [0.5, 0.6) is 0 Å². The standard InChI is InChI=1S/C7H7F8/c1-2-3-4(8)5(9,10)6(11,12)7(13,14)15/h4H,1-3H2/t4-/m0/s1. The van der Waals surface area contributed by atoms with E-state index in [9.17, 15) is 35.1 Å². The van der Waals surface area contributed by atoms with Crippen LogP contribution >= 0.6 is 0 Å². The highest BCUT2D eigenvalue weighted by Gasteiger charge is 2.75. The molecule has 15 heavy (non-hydrogen) atoms. The van der Waals surface area contributed by atoms with Crippen molar-refractivity contribution < 1.29 is 35.1 Å². The second-order valence-corrected chi connectivity index (χ2v) is 2.80. The van der Waals surface area contributed by atoms with Gasteiger partial charge in [0, 0.05) is 0 Å². The van der Waals surface area contributed by atoms with Crippen LogP contribution in [0.4, 0.5) is 35.1 Å². The first-order valence-electron chi connectivity index (χ1n) is 3.74. The van der Waals surface area contributed by atoms with Crippen LogP contribution in [0.2, 0.25) is 0 Å². The largest absolute Gasteiger partial charge is 0.459 e. The number of hydrogen-bond acceptors (Lipinski definition) is 0. The summed E-state index contributed by atoms with van der Waals surface area (Å²) < 4.78 is 96.1. The molecule has 0 N–H and O–H groups in total. The minimum atomic E-state index is -6.48. The summed E-state index contributed by atoms with van der Waals surface area (Å²) in [6.07, 6.45) is -11.7. The van der Waals surface area contributed by atoms with E-state index in [4.69, 9.17) is 0 Å². The number of alkyl halides is 8. The van der Waals surface area contributed by atoms with E-state index in [1.54, 1.807) is 0 Å². The monoisotopic (exact) mass is 243 g/mol. The molecule has 0 saturated carbocycles. The average Bonchev–Trinajstić information content (AvgIpc) is 2.02. The maximum atomic E-state index is 12.4. The van der Waals surface area contributed by atoms with Crippen molar-refractivity contribution >= 4 is 0 Å². The van der Waals surface area contributed by atoms with E-state index < -0.39 is 37.0 Å². The third kappa shape index (κ3) is 2.52. The predicted molar refractivity (Wildman–Crippen MR) is 35.4 cm³/mol. The van der Waals surface area contributed by atoms with Crippen LogP contribution in [0.25, 0.3) is 0 Å². The number of halogens is 8. The SMILES string of the molecule is [CH2]CC[C@H](F)C(F)(F)C(F)(F)C(F)(F)F. The lowest BCUT2D eigenvalue weighted by molar-refractivity contribution is -0.366. The molecule has 0 rings (SSSR count). The second-order valence-electron chi connectivity index (χ2n) is 2.80. The van der Waals surface area contributed by atoms with Gasteiger partial charge < -0.3 is 0 Å². The summed E-state index contributed by atoms with van der Waals surface area (Å²) in [5.74, 6) is -12.2. The summed E-state index contributed by atoms with van der Waals surface area (Å²) in [6.45, 7) is 2.88. The van der Waals surface area contributed by atoms with Gasteiger partial charge in [0.05, 0.1) is 0 Å². The van der Waals surface area contributed by atoms with Gasteiger partial charge in [-0.05, 0) is 6.42 Å². The normalized spacial score (nSPS) is 16.6. The Hall–Kier alpha value is -0.560. The van der Waals surface area contributed by atoms with Crippen molar-refractivity contribution in [2.24, 2.45) is 0 Å². The smallest absolute Gasteiger partial charge is 0.241 e. The molecule has 0 aliphatic carbocycles. The Morgan fingerprint density at radius 1 is 0.933 bits per heavy atom. The highest BCUT2D eigenvalue weighted by Crippen LogP contribution is 2.49. The molecule has 91 valence electrons. The minimum absolute atomic E-state index is 0.509. The van der Waals surface area contributed by atoms with Crippen LogP contribution in [0, 0.1) is 6.92 Å². The van der Waals surface area contributed by atoms with Crippen LogP contribution in [0.15, 0.2) is 0 Å². The molecule has 0 aromatic heterocycles. The van der Waals surface area contributed by atoms with Gasteiger partial charge in [-0.25, -0.2) is 4.39 Å². The first-order valence-corrected chi connectivity index (χ1v) is 3.74. The molecule has 1 radical (unpaired) electrons. The predicted octanol–water partition coefficient (Wildman–Crippen LogP) is 3.77. The second kappa shape index (κ2) is 4.13. The van der Waals surface area contributed by atoms with Crippen LogP contribution in [-0.4, -0.2) is 24.2 Å². The lowest BCUT2D eigenvalue weighted by atomic mass is 10.0. The molecule has 1 atom stereocenters. The fourth-order valence-corrected chi connectivity index (χ4v) is 0.746. The quantitative estimate of drug-likeness (QED) is 0.659. The molecule has 8 heteroatoms. The van der Waals surface area contributed by atoms with Crippen molar-refractivity contribution in [1.29, 1.82) is 0 Å². The Labute approximate surface area is 80.3 Å². The molecule has 0 fully saturated rings. The van der Waals surface area contributed by atoms with Crippen molar-refractivity contribution in [1.82, 2.24) is 0 Å². The molecule has 0 nitrogen and oxygen atoms in total. The Morgan fingerprint density at radius 2 is 1.33 bits per heavy atom. The van der Waals surface area contributed by atoms with Crippen molar-refractivity contribution in [3.05, 3.63) is 6.92 Å². The third-order valence-electron chi connectivity index (χ3n) is 1.63. The first kappa shape index (κ1) is 14.4. The van der Waals surface area contributed by atoms with Gasteiger partial charge in [-0.3, -0.25) is 0 Å². The van der Waals surface area contributed by atoms with E-state index in [1.165, 1.54) is 0 Å². The molecule has 0 aromatic rings. The maximum absolute atomic E-state index is 12.4. The molecule has 0 aliphatic heterocycles. The fraction of sp³-hybridized carbons (Fsp3) is 0.857. The topological polar surface area (TPSA) is 0 Å².